The number of hydrogen-bond acceptors (Lipinski definition) is 2. The molecule has 0 spiro atoms. The molecule has 2 radical (unpaired) electrons. The van der Waals surface area contributed by atoms with Crippen molar-refractivity contribution in [2.75, 3.05) is 14.2 Å². The number of methoxy groups -OCH3 is 2. The van der Waals surface area contributed by atoms with Crippen LogP contribution in [0.1, 0.15) is 63.0 Å². The highest BCUT2D eigenvalue weighted by Crippen LogP contribution is 2.35. The molecule has 0 N–H and O–H groups in total. The van der Waals surface area contributed by atoms with Crippen molar-refractivity contribution in [1.82, 2.24) is 0 Å². The molecular weight excluding hydrogens is 236 g/mol. The van der Waals surface area contributed by atoms with Crippen molar-refractivity contribution in [1.29, 1.82) is 0 Å². The van der Waals surface area contributed by atoms with Crippen LogP contribution < -0.4 is 4.74 Å². The topological polar surface area (TPSA) is 18.5 Å². The SMILES string of the molecule is CCCCCC(CC)c1cccc([C]OC)c1OC. The van der Waals surface area contributed by atoms with Crippen molar-refractivity contribution < 1.29 is 9.47 Å². The number of para-hydroxylation sites is 1. The van der Waals surface area contributed by atoms with E-state index in [2.05, 4.69) is 32.6 Å². The van der Waals surface area contributed by atoms with E-state index in [0.29, 0.717) is 5.92 Å². The molecule has 0 bridgehead atoms. The summed E-state index contributed by atoms with van der Waals surface area (Å²) in [6, 6.07) is 6.20. The first-order valence-corrected chi connectivity index (χ1v) is 7.24. The summed E-state index contributed by atoms with van der Waals surface area (Å²) in [5.41, 5.74) is 2.18. The molecule has 0 saturated carbocycles. The van der Waals surface area contributed by atoms with Crippen LogP contribution in [0.15, 0.2) is 18.2 Å². The summed E-state index contributed by atoms with van der Waals surface area (Å²) in [5, 5.41) is 0. The van der Waals surface area contributed by atoms with Gasteiger partial charge in [-0.05, 0) is 24.3 Å². The lowest BCUT2D eigenvalue weighted by Crippen LogP contribution is -2.03. The van der Waals surface area contributed by atoms with Gasteiger partial charge < -0.3 is 9.47 Å². The second kappa shape index (κ2) is 8.98. The zero-order chi connectivity index (χ0) is 14.1. The van der Waals surface area contributed by atoms with Gasteiger partial charge >= 0.3 is 0 Å². The Kier molecular flexibility index (Phi) is 7.57. The predicted molar refractivity (Wildman–Crippen MR) is 79.5 cm³/mol. The molecule has 0 amide bonds. The molecule has 0 aliphatic rings. The molecule has 1 aromatic rings. The van der Waals surface area contributed by atoms with E-state index in [0.717, 1.165) is 17.7 Å². The Morgan fingerprint density at radius 1 is 1.16 bits per heavy atom. The Hall–Kier alpha value is -1.02. The molecule has 0 fully saturated rings. The molecule has 1 rings (SSSR count). The van der Waals surface area contributed by atoms with Gasteiger partial charge in [0, 0.05) is 12.7 Å². The van der Waals surface area contributed by atoms with Crippen LogP contribution in [0, 0.1) is 6.61 Å². The third kappa shape index (κ3) is 4.54. The first-order chi connectivity index (χ1) is 9.28. The third-order valence-corrected chi connectivity index (χ3v) is 3.55. The quantitative estimate of drug-likeness (QED) is 0.595. The molecule has 1 atom stereocenters. The van der Waals surface area contributed by atoms with Gasteiger partial charge in [0.15, 0.2) is 6.61 Å². The van der Waals surface area contributed by atoms with Crippen molar-refractivity contribution in [2.45, 2.75) is 51.9 Å². The lowest BCUT2D eigenvalue weighted by atomic mass is 9.89. The minimum atomic E-state index is 0.556. The van der Waals surface area contributed by atoms with Gasteiger partial charge in [0.1, 0.15) is 5.75 Å². The van der Waals surface area contributed by atoms with Gasteiger partial charge in [0.25, 0.3) is 0 Å². The Morgan fingerprint density at radius 3 is 2.53 bits per heavy atom. The van der Waals surface area contributed by atoms with Gasteiger partial charge in [0.05, 0.1) is 7.11 Å². The van der Waals surface area contributed by atoms with E-state index < -0.39 is 0 Å². The molecule has 19 heavy (non-hydrogen) atoms. The van der Waals surface area contributed by atoms with E-state index in [1.54, 1.807) is 14.2 Å². The molecule has 0 aromatic heterocycles. The molecule has 0 heterocycles. The van der Waals surface area contributed by atoms with Crippen LogP contribution in [0.25, 0.3) is 0 Å². The summed E-state index contributed by atoms with van der Waals surface area (Å²) < 4.78 is 10.6. The molecule has 1 aromatic carbocycles. The van der Waals surface area contributed by atoms with E-state index in [1.165, 1.54) is 31.2 Å². The largest absolute Gasteiger partial charge is 0.496 e. The number of ether oxygens (including phenoxy) is 2. The molecule has 0 aliphatic carbocycles. The first-order valence-electron chi connectivity index (χ1n) is 7.24. The Labute approximate surface area is 118 Å². The lowest BCUT2D eigenvalue weighted by molar-refractivity contribution is 0.287. The first kappa shape index (κ1) is 16.0. The van der Waals surface area contributed by atoms with E-state index in [-0.39, 0.29) is 0 Å². The van der Waals surface area contributed by atoms with Crippen molar-refractivity contribution in [3.63, 3.8) is 0 Å². The lowest BCUT2D eigenvalue weighted by Gasteiger charge is -2.20. The fraction of sp³-hybridized carbons (Fsp3) is 0.588. The summed E-state index contributed by atoms with van der Waals surface area (Å²) in [6.07, 6.45) is 6.20. The maximum absolute atomic E-state index is 5.58. The van der Waals surface area contributed by atoms with Gasteiger partial charge in [-0.3, -0.25) is 0 Å². The van der Waals surface area contributed by atoms with Crippen molar-refractivity contribution in [2.24, 2.45) is 0 Å². The number of hydrogen-bond donors (Lipinski definition) is 0. The molecule has 106 valence electrons. The van der Waals surface area contributed by atoms with E-state index in [4.69, 9.17) is 9.47 Å². The fourth-order valence-electron chi connectivity index (χ4n) is 2.51. The highest BCUT2D eigenvalue weighted by Gasteiger charge is 2.17. The molecular formula is C17H26O2. The Morgan fingerprint density at radius 2 is 1.95 bits per heavy atom. The van der Waals surface area contributed by atoms with Crippen LogP contribution in [0.4, 0.5) is 0 Å². The normalized spacial score (nSPS) is 12.4. The van der Waals surface area contributed by atoms with Crippen LogP contribution in [0.3, 0.4) is 0 Å². The second-order valence-electron chi connectivity index (χ2n) is 4.84. The minimum absolute atomic E-state index is 0.556. The van der Waals surface area contributed by atoms with Gasteiger partial charge in [-0.1, -0.05) is 51.3 Å². The molecule has 0 aliphatic heterocycles. The number of benzene rings is 1. The zero-order valence-electron chi connectivity index (χ0n) is 12.7. The summed E-state index contributed by atoms with van der Waals surface area (Å²) in [6.45, 7) is 7.37. The molecule has 1 unspecified atom stereocenters. The summed E-state index contributed by atoms with van der Waals surface area (Å²) in [5.74, 6) is 1.47. The van der Waals surface area contributed by atoms with Crippen molar-refractivity contribution in [3.05, 3.63) is 35.9 Å². The van der Waals surface area contributed by atoms with Crippen LogP contribution in [-0.4, -0.2) is 14.2 Å². The number of unbranched alkanes of at least 4 members (excludes halogenated alkanes) is 2. The Bertz CT molecular complexity index is 360. The van der Waals surface area contributed by atoms with E-state index in [9.17, 15) is 0 Å². The maximum Gasteiger partial charge on any atom is 0.169 e. The predicted octanol–water partition coefficient (Wildman–Crippen LogP) is 4.80. The third-order valence-electron chi connectivity index (χ3n) is 3.55. The molecule has 2 nitrogen and oxygen atoms in total. The Balaban J connectivity index is 2.91. The van der Waals surface area contributed by atoms with Crippen molar-refractivity contribution >= 4 is 0 Å². The van der Waals surface area contributed by atoms with E-state index >= 15 is 0 Å². The van der Waals surface area contributed by atoms with Crippen LogP contribution >= 0.6 is 0 Å². The van der Waals surface area contributed by atoms with Crippen LogP contribution in [0.5, 0.6) is 5.75 Å². The van der Waals surface area contributed by atoms with Gasteiger partial charge in [-0.25, -0.2) is 0 Å². The van der Waals surface area contributed by atoms with Crippen LogP contribution in [0.2, 0.25) is 0 Å². The fourth-order valence-corrected chi connectivity index (χ4v) is 2.51. The molecule has 2 heteroatoms. The minimum Gasteiger partial charge on any atom is -0.496 e. The maximum atomic E-state index is 5.58. The summed E-state index contributed by atoms with van der Waals surface area (Å²) >= 11 is 0. The second-order valence-corrected chi connectivity index (χ2v) is 4.84. The monoisotopic (exact) mass is 262 g/mol. The average Bonchev–Trinajstić information content (AvgIpc) is 2.44. The van der Waals surface area contributed by atoms with Gasteiger partial charge in [-0.15, -0.1) is 0 Å². The average molecular weight is 262 g/mol. The standard InChI is InChI=1S/C17H26O2/c1-5-7-8-10-14(6-2)16-12-9-11-15(13-18-3)17(16)19-4/h9,11-12,14H,5-8,10H2,1-4H3. The van der Waals surface area contributed by atoms with Crippen LogP contribution in [-0.2, 0) is 4.74 Å². The van der Waals surface area contributed by atoms with Gasteiger partial charge in [0.2, 0.25) is 0 Å². The van der Waals surface area contributed by atoms with Crippen molar-refractivity contribution in [3.8, 4) is 5.75 Å². The highest BCUT2D eigenvalue weighted by molar-refractivity contribution is 5.46. The highest BCUT2D eigenvalue weighted by atomic mass is 16.5. The van der Waals surface area contributed by atoms with Gasteiger partial charge in [-0.2, -0.15) is 0 Å². The summed E-state index contributed by atoms with van der Waals surface area (Å²) in [7, 11) is 3.34. The summed E-state index contributed by atoms with van der Waals surface area (Å²) in [4.78, 5) is 0. The molecule has 0 saturated heterocycles. The zero-order valence-corrected chi connectivity index (χ0v) is 12.7. The number of rotatable bonds is 9. The smallest absolute Gasteiger partial charge is 0.169 e. The van der Waals surface area contributed by atoms with E-state index in [1.807, 2.05) is 6.07 Å².